The highest BCUT2D eigenvalue weighted by Gasteiger charge is 2.22. The van der Waals surface area contributed by atoms with E-state index in [-0.39, 0.29) is 12.5 Å². The number of benzene rings is 2. The highest BCUT2D eigenvalue weighted by atomic mass is 16.5. The molecule has 0 N–H and O–H groups in total. The maximum Gasteiger partial charge on any atom is 0.331 e. The Labute approximate surface area is 157 Å². The van der Waals surface area contributed by atoms with Crippen LogP contribution in [0.4, 0.5) is 0 Å². The molecule has 138 valence electrons. The third-order valence-corrected chi connectivity index (χ3v) is 4.04. The lowest BCUT2D eigenvalue weighted by molar-refractivity contribution is -0.147. The van der Waals surface area contributed by atoms with E-state index in [4.69, 9.17) is 9.47 Å². The first-order valence-corrected chi connectivity index (χ1v) is 8.58. The molecule has 0 fully saturated rings. The zero-order valence-corrected chi connectivity index (χ0v) is 15.0. The average molecular weight is 364 g/mol. The lowest BCUT2D eigenvalue weighted by Gasteiger charge is -2.10. The maximum atomic E-state index is 12.2. The van der Waals surface area contributed by atoms with E-state index in [9.17, 15) is 9.59 Å². The Morgan fingerprint density at radius 3 is 2.74 bits per heavy atom. The van der Waals surface area contributed by atoms with Gasteiger partial charge in [0.1, 0.15) is 5.75 Å². The van der Waals surface area contributed by atoms with Crippen molar-refractivity contribution in [3.63, 3.8) is 0 Å². The van der Waals surface area contributed by atoms with Crippen molar-refractivity contribution < 1.29 is 19.1 Å². The summed E-state index contributed by atoms with van der Waals surface area (Å²) in [7, 11) is 1.58. The number of esters is 1. The minimum Gasteiger partial charge on any atom is -0.497 e. The number of hydrogen-bond donors (Lipinski definition) is 0. The number of hydrazone groups is 1. The third-order valence-electron chi connectivity index (χ3n) is 4.04. The van der Waals surface area contributed by atoms with Gasteiger partial charge in [0.15, 0.2) is 6.61 Å². The van der Waals surface area contributed by atoms with Gasteiger partial charge in [-0.05, 0) is 29.3 Å². The average Bonchev–Trinajstić information content (AvgIpc) is 3.21. The van der Waals surface area contributed by atoms with Gasteiger partial charge in [-0.1, -0.05) is 42.5 Å². The van der Waals surface area contributed by atoms with E-state index in [1.807, 2.05) is 48.5 Å². The molecule has 27 heavy (non-hydrogen) atoms. The van der Waals surface area contributed by atoms with E-state index in [0.717, 1.165) is 16.8 Å². The molecular weight excluding hydrogens is 344 g/mol. The minimum atomic E-state index is -0.586. The summed E-state index contributed by atoms with van der Waals surface area (Å²) in [5.74, 6) is -0.233. The molecule has 1 aliphatic rings. The summed E-state index contributed by atoms with van der Waals surface area (Å²) < 4.78 is 10.1. The summed E-state index contributed by atoms with van der Waals surface area (Å²) >= 11 is 0. The summed E-state index contributed by atoms with van der Waals surface area (Å²) in [6.45, 7) is 0.146. The van der Waals surface area contributed by atoms with Crippen LogP contribution in [-0.2, 0) is 14.3 Å². The third kappa shape index (κ3) is 5.04. The Morgan fingerprint density at radius 2 is 1.96 bits per heavy atom. The van der Waals surface area contributed by atoms with Crippen molar-refractivity contribution in [1.29, 1.82) is 0 Å². The zero-order valence-electron chi connectivity index (χ0n) is 15.0. The van der Waals surface area contributed by atoms with E-state index >= 15 is 0 Å². The molecule has 0 radical (unpaired) electrons. The lowest BCUT2D eigenvalue weighted by atomic mass is 10.1. The number of carbonyl (C=O) groups excluding carboxylic acids is 2. The van der Waals surface area contributed by atoms with Gasteiger partial charge in [-0.3, -0.25) is 4.79 Å². The first-order chi connectivity index (χ1) is 13.2. The molecule has 6 nitrogen and oxygen atoms in total. The monoisotopic (exact) mass is 364 g/mol. The number of amides is 1. The second kappa shape index (κ2) is 8.80. The van der Waals surface area contributed by atoms with Gasteiger partial charge in [0.05, 0.1) is 19.4 Å². The number of methoxy groups -OCH3 is 1. The summed E-state index contributed by atoms with van der Waals surface area (Å²) in [5.41, 5.74) is 2.65. The van der Waals surface area contributed by atoms with E-state index in [0.29, 0.717) is 18.7 Å². The van der Waals surface area contributed by atoms with Crippen LogP contribution >= 0.6 is 0 Å². The van der Waals surface area contributed by atoms with Gasteiger partial charge in [0.25, 0.3) is 5.91 Å². The molecule has 1 aliphatic heterocycles. The van der Waals surface area contributed by atoms with Gasteiger partial charge in [0.2, 0.25) is 0 Å². The van der Waals surface area contributed by atoms with E-state index in [2.05, 4.69) is 5.10 Å². The van der Waals surface area contributed by atoms with Gasteiger partial charge in [-0.25, -0.2) is 9.80 Å². The summed E-state index contributed by atoms with van der Waals surface area (Å²) in [4.78, 5) is 24.0. The largest absolute Gasteiger partial charge is 0.497 e. The molecule has 0 aliphatic carbocycles. The van der Waals surface area contributed by atoms with Crippen molar-refractivity contribution in [2.75, 3.05) is 20.3 Å². The van der Waals surface area contributed by atoms with Crippen LogP contribution in [0.1, 0.15) is 17.5 Å². The molecule has 0 bridgehead atoms. The number of nitrogens with zero attached hydrogens (tertiary/aromatic N) is 2. The SMILES string of the molecule is COc1cccc(/C=C/C(=O)OCC(=O)N2CCC(c3ccccc3)=N2)c1. The molecule has 2 aromatic carbocycles. The second-order valence-electron chi connectivity index (χ2n) is 5.90. The fourth-order valence-electron chi connectivity index (χ4n) is 2.64. The van der Waals surface area contributed by atoms with Crippen LogP contribution in [-0.4, -0.2) is 42.9 Å². The van der Waals surface area contributed by atoms with Crippen molar-refractivity contribution in [3.8, 4) is 5.75 Å². The lowest BCUT2D eigenvalue weighted by Crippen LogP contribution is -2.28. The van der Waals surface area contributed by atoms with E-state index < -0.39 is 5.97 Å². The van der Waals surface area contributed by atoms with Crippen molar-refractivity contribution >= 4 is 23.7 Å². The first kappa shape index (κ1) is 18.4. The van der Waals surface area contributed by atoms with Gasteiger partial charge < -0.3 is 9.47 Å². The summed E-state index contributed by atoms with van der Waals surface area (Å²) in [6.07, 6.45) is 3.57. The van der Waals surface area contributed by atoms with Gasteiger partial charge in [-0.2, -0.15) is 5.10 Å². The Morgan fingerprint density at radius 1 is 1.15 bits per heavy atom. The van der Waals surface area contributed by atoms with Gasteiger partial charge in [-0.15, -0.1) is 0 Å². The van der Waals surface area contributed by atoms with Crippen molar-refractivity contribution in [3.05, 3.63) is 71.8 Å². The fraction of sp³-hybridized carbons (Fsp3) is 0.190. The van der Waals surface area contributed by atoms with Crippen LogP contribution in [0.25, 0.3) is 6.08 Å². The molecule has 0 saturated heterocycles. The Hall–Kier alpha value is -3.41. The second-order valence-corrected chi connectivity index (χ2v) is 5.90. The molecule has 0 saturated carbocycles. The number of hydrogen-bond acceptors (Lipinski definition) is 5. The Balaban J connectivity index is 1.51. The predicted molar refractivity (Wildman–Crippen MR) is 102 cm³/mol. The molecule has 2 aromatic rings. The molecule has 0 unspecified atom stereocenters. The molecule has 1 heterocycles. The highest BCUT2D eigenvalue weighted by Crippen LogP contribution is 2.15. The standard InChI is InChI=1S/C21H20N2O4/c1-26-18-9-5-6-16(14-18)10-11-21(25)27-15-20(24)23-13-12-19(22-23)17-7-3-2-4-8-17/h2-11,14H,12-13,15H2,1H3/b11-10+. The Bertz CT molecular complexity index is 875. The quantitative estimate of drug-likeness (QED) is 0.584. The van der Waals surface area contributed by atoms with Crippen LogP contribution in [0.15, 0.2) is 65.8 Å². The summed E-state index contributed by atoms with van der Waals surface area (Å²) in [6, 6.07) is 17.0. The van der Waals surface area contributed by atoms with Crippen LogP contribution in [0.5, 0.6) is 5.75 Å². The topological polar surface area (TPSA) is 68.2 Å². The van der Waals surface area contributed by atoms with Crippen LogP contribution in [0.2, 0.25) is 0 Å². The fourth-order valence-corrected chi connectivity index (χ4v) is 2.64. The van der Waals surface area contributed by atoms with Gasteiger partial charge >= 0.3 is 5.97 Å². The summed E-state index contributed by atoms with van der Waals surface area (Å²) in [5, 5.41) is 5.67. The number of rotatable bonds is 6. The Kier molecular flexibility index (Phi) is 5.99. The van der Waals surface area contributed by atoms with Crippen molar-refractivity contribution in [2.45, 2.75) is 6.42 Å². The number of carbonyl (C=O) groups is 2. The molecule has 3 rings (SSSR count). The van der Waals surface area contributed by atoms with E-state index in [1.54, 1.807) is 19.3 Å². The highest BCUT2D eigenvalue weighted by molar-refractivity contribution is 6.02. The van der Waals surface area contributed by atoms with Crippen LogP contribution < -0.4 is 4.74 Å². The normalized spacial score (nSPS) is 13.5. The minimum absolute atomic E-state index is 0.340. The molecule has 6 heteroatoms. The van der Waals surface area contributed by atoms with Crippen LogP contribution in [0, 0.1) is 0 Å². The zero-order chi connectivity index (χ0) is 19.1. The van der Waals surface area contributed by atoms with E-state index in [1.165, 1.54) is 11.1 Å². The maximum absolute atomic E-state index is 12.2. The smallest absolute Gasteiger partial charge is 0.331 e. The van der Waals surface area contributed by atoms with Crippen LogP contribution in [0.3, 0.4) is 0 Å². The molecular formula is C21H20N2O4. The van der Waals surface area contributed by atoms with Crippen molar-refractivity contribution in [2.24, 2.45) is 5.10 Å². The van der Waals surface area contributed by atoms with Crippen molar-refractivity contribution in [1.82, 2.24) is 5.01 Å². The molecule has 0 aromatic heterocycles. The molecule has 0 atom stereocenters. The van der Waals surface area contributed by atoms with Gasteiger partial charge in [0, 0.05) is 12.5 Å². The molecule has 0 spiro atoms. The predicted octanol–water partition coefficient (Wildman–Crippen LogP) is 2.89. The molecule has 1 amide bonds. The first-order valence-electron chi connectivity index (χ1n) is 8.58. The number of ether oxygens (including phenoxy) is 2.